The molecule has 1 aromatic carbocycles. The van der Waals surface area contributed by atoms with E-state index in [4.69, 9.17) is 4.74 Å². The number of rotatable bonds is 4. The summed E-state index contributed by atoms with van der Waals surface area (Å²) in [6, 6.07) is 10.4. The Bertz CT molecular complexity index is 345. The quantitative estimate of drug-likeness (QED) is 0.776. The maximum Gasteiger partial charge on any atom is 0.130 e. The van der Waals surface area contributed by atoms with Gasteiger partial charge in [0, 0.05) is 6.42 Å². The summed E-state index contributed by atoms with van der Waals surface area (Å²) in [5.41, 5.74) is 1.34. The molecule has 2 nitrogen and oxygen atoms in total. The number of hydrogen-bond acceptors (Lipinski definition) is 2. The monoisotopic (exact) mass is 218 g/mol. The van der Waals surface area contributed by atoms with Crippen molar-refractivity contribution in [1.29, 1.82) is 0 Å². The fourth-order valence-electron chi connectivity index (χ4n) is 2.38. The Morgan fingerprint density at radius 1 is 1.25 bits per heavy atom. The van der Waals surface area contributed by atoms with Gasteiger partial charge in [0.2, 0.25) is 0 Å². The lowest BCUT2D eigenvalue weighted by molar-refractivity contribution is -0.118. The lowest BCUT2D eigenvalue weighted by Crippen LogP contribution is -2.17. The first-order valence-corrected chi connectivity index (χ1v) is 5.87. The molecule has 1 saturated heterocycles. The first-order valence-electron chi connectivity index (χ1n) is 5.87. The summed E-state index contributed by atoms with van der Waals surface area (Å²) in [4.78, 5) is 11.1. The van der Waals surface area contributed by atoms with Crippen molar-refractivity contribution in [3.05, 3.63) is 35.9 Å². The molecule has 0 unspecified atom stereocenters. The van der Waals surface area contributed by atoms with Gasteiger partial charge >= 0.3 is 0 Å². The molecule has 0 aromatic heterocycles. The summed E-state index contributed by atoms with van der Waals surface area (Å²) in [7, 11) is 0. The van der Waals surface area contributed by atoms with Crippen molar-refractivity contribution < 1.29 is 9.53 Å². The van der Waals surface area contributed by atoms with Crippen LogP contribution in [0.5, 0.6) is 0 Å². The Labute approximate surface area is 96.6 Å². The van der Waals surface area contributed by atoms with Crippen LogP contribution in [0.3, 0.4) is 0 Å². The van der Waals surface area contributed by atoms with Gasteiger partial charge in [-0.3, -0.25) is 0 Å². The van der Waals surface area contributed by atoms with Crippen molar-refractivity contribution in [3.8, 4) is 0 Å². The number of Topliss-reactive ketones (excluding diaryl/α,β-unsaturated/α-hetero) is 1. The first kappa shape index (κ1) is 11.3. The number of benzene rings is 1. The van der Waals surface area contributed by atoms with Crippen LogP contribution in [0.2, 0.25) is 0 Å². The third kappa shape index (κ3) is 2.92. The second kappa shape index (κ2) is 5.26. The van der Waals surface area contributed by atoms with E-state index in [-0.39, 0.29) is 5.78 Å². The fraction of sp³-hybridized carbons (Fsp3) is 0.500. The van der Waals surface area contributed by atoms with Crippen LogP contribution in [0.4, 0.5) is 0 Å². The molecule has 86 valence electrons. The molecule has 16 heavy (non-hydrogen) atoms. The SMILES string of the molecule is CC(=O)C[C@H]1COC[C@@H]1Cc1ccccc1. The van der Waals surface area contributed by atoms with Crippen LogP contribution in [0.15, 0.2) is 30.3 Å². The van der Waals surface area contributed by atoms with Gasteiger partial charge in [-0.15, -0.1) is 0 Å². The summed E-state index contributed by atoms with van der Waals surface area (Å²) >= 11 is 0. The minimum Gasteiger partial charge on any atom is -0.381 e. The predicted molar refractivity (Wildman–Crippen MR) is 63.2 cm³/mol. The van der Waals surface area contributed by atoms with Crippen molar-refractivity contribution in [2.24, 2.45) is 11.8 Å². The molecule has 0 radical (unpaired) electrons. The van der Waals surface area contributed by atoms with E-state index in [9.17, 15) is 4.79 Å². The molecule has 0 bridgehead atoms. The molecule has 1 aliphatic heterocycles. The molecule has 1 heterocycles. The lowest BCUT2D eigenvalue weighted by Gasteiger charge is -2.16. The highest BCUT2D eigenvalue weighted by Crippen LogP contribution is 2.27. The average Bonchev–Trinajstić information content (AvgIpc) is 2.66. The Hall–Kier alpha value is -1.15. The third-order valence-electron chi connectivity index (χ3n) is 3.22. The molecule has 2 heteroatoms. The van der Waals surface area contributed by atoms with Gasteiger partial charge in [-0.05, 0) is 30.7 Å². The van der Waals surface area contributed by atoms with E-state index in [0.717, 1.165) is 19.6 Å². The summed E-state index contributed by atoms with van der Waals surface area (Å²) in [5.74, 6) is 1.19. The second-order valence-corrected chi connectivity index (χ2v) is 4.65. The van der Waals surface area contributed by atoms with Gasteiger partial charge in [0.25, 0.3) is 0 Å². The Balaban J connectivity index is 1.96. The maximum atomic E-state index is 11.1. The van der Waals surface area contributed by atoms with E-state index in [0.29, 0.717) is 18.3 Å². The molecular formula is C14H18O2. The number of hydrogen-bond donors (Lipinski definition) is 0. The fourth-order valence-corrected chi connectivity index (χ4v) is 2.38. The number of ketones is 1. The molecule has 0 aliphatic carbocycles. The van der Waals surface area contributed by atoms with Gasteiger partial charge < -0.3 is 9.53 Å². The Morgan fingerprint density at radius 3 is 2.62 bits per heavy atom. The first-order chi connectivity index (χ1) is 7.75. The molecule has 0 N–H and O–H groups in total. The molecule has 0 amide bonds. The van der Waals surface area contributed by atoms with Crippen molar-refractivity contribution in [2.75, 3.05) is 13.2 Å². The van der Waals surface area contributed by atoms with Crippen LogP contribution in [0.25, 0.3) is 0 Å². The average molecular weight is 218 g/mol. The molecule has 1 fully saturated rings. The normalized spacial score (nSPS) is 24.6. The maximum absolute atomic E-state index is 11.1. The summed E-state index contributed by atoms with van der Waals surface area (Å²) in [5, 5.41) is 0. The summed E-state index contributed by atoms with van der Waals surface area (Å²) in [6.45, 7) is 3.21. The van der Waals surface area contributed by atoms with Crippen LogP contribution in [0.1, 0.15) is 18.9 Å². The molecule has 2 rings (SSSR count). The second-order valence-electron chi connectivity index (χ2n) is 4.65. The minimum atomic E-state index is 0.272. The standard InChI is InChI=1S/C14H18O2/c1-11(15)7-13-9-16-10-14(13)8-12-5-3-2-4-6-12/h2-6,13-14H,7-10H2,1H3/t13-,14-/m0/s1. The van der Waals surface area contributed by atoms with Gasteiger partial charge in [-0.1, -0.05) is 30.3 Å². The van der Waals surface area contributed by atoms with Crippen LogP contribution >= 0.6 is 0 Å². The Kier molecular flexibility index (Phi) is 3.73. The van der Waals surface area contributed by atoms with E-state index >= 15 is 0 Å². The zero-order valence-corrected chi connectivity index (χ0v) is 9.69. The highest BCUT2D eigenvalue weighted by atomic mass is 16.5. The zero-order chi connectivity index (χ0) is 11.4. The molecule has 1 aliphatic rings. The van der Waals surface area contributed by atoms with Crippen molar-refractivity contribution in [1.82, 2.24) is 0 Å². The van der Waals surface area contributed by atoms with E-state index in [1.54, 1.807) is 6.92 Å². The summed E-state index contributed by atoms with van der Waals surface area (Å²) in [6.07, 6.45) is 1.69. The number of carbonyl (C=O) groups is 1. The highest BCUT2D eigenvalue weighted by molar-refractivity contribution is 5.75. The van der Waals surface area contributed by atoms with Crippen LogP contribution in [0, 0.1) is 11.8 Å². The van der Waals surface area contributed by atoms with Crippen molar-refractivity contribution >= 4 is 5.78 Å². The van der Waals surface area contributed by atoms with E-state index in [2.05, 4.69) is 24.3 Å². The largest absolute Gasteiger partial charge is 0.381 e. The van der Waals surface area contributed by atoms with Crippen LogP contribution < -0.4 is 0 Å². The third-order valence-corrected chi connectivity index (χ3v) is 3.22. The van der Waals surface area contributed by atoms with E-state index in [1.807, 2.05) is 6.07 Å². The van der Waals surface area contributed by atoms with Gasteiger partial charge in [-0.2, -0.15) is 0 Å². The smallest absolute Gasteiger partial charge is 0.130 e. The van der Waals surface area contributed by atoms with E-state index < -0.39 is 0 Å². The molecular weight excluding hydrogens is 200 g/mol. The minimum absolute atomic E-state index is 0.272. The van der Waals surface area contributed by atoms with Gasteiger partial charge in [0.1, 0.15) is 5.78 Å². The van der Waals surface area contributed by atoms with Gasteiger partial charge in [0.05, 0.1) is 13.2 Å². The Morgan fingerprint density at radius 2 is 1.94 bits per heavy atom. The lowest BCUT2D eigenvalue weighted by atomic mass is 9.86. The van der Waals surface area contributed by atoms with Gasteiger partial charge in [0.15, 0.2) is 0 Å². The molecule has 2 atom stereocenters. The zero-order valence-electron chi connectivity index (χ0n) is 9.69. The molecule has 0 spiro atoms. The number of carbonyl (C=O) groups excluding carboxylic acids is 1. The van der Waals surface area contributed by atoms with Crippen LogP contribution in [-0.2, 0) is 16.0 Å². The summed E-state index contributed by atoms with van der Waals surface area (Å²) < 4.78 is 5.49. The number of ether oxygens (including phenoxy) is 1. The van der Waals surface area contributed by atoms with E-state index in [1.165, 1.54) is 5.56 Å². The molecule has 0 saturated carbocycles. The highest BCUT2D eigenvalue weighted by Gasteiger charge is 2.28. The van der Waals surface area contributed by atoms with Crippen molar-refractivity contribution in [2.45, 2.75) is 19.8 Å². The van der Waals surface area contributed by atoms with Crippen molar-refractivity contribution in [3.63, 3.8) is 0 Å². The van der Waals surface area contributed by atoms with Crippen LogP contribution in [-0.4, -0.2) is 19.0 Å². The predicted octanol–water partition coefficient (Wildman–Crippen LogP) is 2.47. The molecule has 1 aromatic rings. The van der Waals surface area contributed by atoms with Gasteiger partial charge in [-0.25, -0.2) is 0 Å². The topological polar surface area (TPSA) is 26.3 Å².